The number of rotatable bonds is 3. The first-order valence-electron chi connectivity index (χ1n) is 5.60. The van der Waals surface area contributed by atoms with Crippen LogP contribution in [0, 0.1) is 13.8 Å². The zero-order chi connectivity index (χ0) is 13.3. The van der Waals surface area contributed by atoms with Gasteiger partial charge in [-0.3, -0.25) is 4.79 Å². The summed E-state index contributed by atoms with van der Waals surface area (Å²) in [5.41, 5.74) is 7.52. The van der Waals surface area contributed by atoms with Crippen LogP contribution >= 0.6 is 0 Å². The molecule has 2 heterocycles. The highest BCUT2D eigenvalue weighted by atomic mass is 16.4. The molecule has 2 rings (SSSR count). The lowest BCUT2D eigenvalue weighted by Crippen LogP contribution is -2.24. The predicted octanol–water partition coefficient (Wildman–Crippen LogP) is 1.14. The molecule has 0 atom stereocenters. The summed E-state index contributed by atoms with van der Waals surface area (Å²) in [4.78, 5) is 16.1. The molecule has 6 nitrogen and oxygen atoms in total. The van der Waals surface area contributed by atoms with Crippen molar-refractivity contribution in [1.29, 1.82) is 0 Å². The second-order valence-electron chi connectivity index (χ2n) is 4.20. The highest BCUT2D eigenvalue weighted by Crippen LogP contribution is 2.10. The molecule has 0 saturated carbocycles. The van der Waals surface area contributed by atoms with Crippen molar-refractivity contribution >= 4 is 11.6 Å². The van der Waals surface area contributed by atoms with Gasteiger partial charge in [0.1, 0.15) is 11.5 Å². The van der Waals surface area contributed by atoms with Crippen LogP contribution in [0.15, 0.2) is 16.7 Å². The van der Waals surface area contributed by atoms with Crippen LogP contribution in [0.25, 0.3) is 0 Å². The topological polar surface area (TPSA) is 86.1 Å². The number of hydrogen-bond acceptors (Lipinski definition) is 4. The van der Waals surface area contributed by atoms with Crippen LogP contribution < -0.4 is 11.1 Å². The van der Waals surface area contributed by atoms with Crippen LogP contribution in [-0.2, 0) is 13.6 Å². The second-order valence-corrected chi connectivity index (χ2v) is 4.20. The molecule has 3 N–H and O–H groups in total. The lowest BCUT2D eigenvalue weighted by molar-refractivity contribution is 0.0939. The molecule has 0 unspecified atom stereocenters. The summed E-state index contributed by atoms with van der Waals surface area (Å²) >= 11 is 0. The van der Waals surface area contributed by atoms with E-state index < -0.39 is 0 Å². The summed E-state index contributed by atoms with van der Waals surface area (Å²) < 4.78 is 7.06. The molecule has 0 radical (unpaired) electrons. The van der Waals surface area contributed by atoms with E-state index in [1.165, 1.54) is 0 Å². The van der Waals surface area contributed by atoms with Crippen molar-refractivity contribution < 1.29 is 9.21 Å². The maximum atomic E-state index is 11.9. The SMILES string of the molecule is Cc1nc(CNC(=O)c2cc(N)cn2C)oc1C. The van der Waals surface area contributed by atoms with Gasteiger partial charge >= 0.3 is 0 Å². The van der Waals surface area contributed by atoms with Gasteiger partial charge in [-0.2, -0.15) is 0 Å². The summed E-state index contributed by atoms with van der Waals surface area (Å²) in [5.74, 6) is 1.06. The Morgan fingerprint density at radius 3 is 2.78 bits per heavy atom. The number of hydrogen-bond donors (Lipinski definition) is 2. The Hall–Kier alpha value is -2.24. The van der Waals surface area contributed by atoms with Crippen molar-refractivity contribution in [3.8, 4) is 0 Å². The van der Waals surface area contributed by atoms with E-state index in [1.54, 1.807) is 23.9 Å². The number of oxazole rings is 1. The lowest BCUT2D eigenvalue weighted by atomic mass is 10.4. The Kier molecular flexibility index (Phi) is 3.10. The van der Waals surface area contributed by atoms with E-state index in [2.05, 4.69) is 10.3 Å². The number of anilines is 1. The van der Waals surface area contributed by atoms with E-state index in [0.29, 0.717) is 17.3 Å². The first kappa shape index (κ1) is 12.2. The molecule has 0 aliphatic rings. The van der Waals surface area contributed by atoms with E-state index in [1.807, 2.05) is 13.8 Å². The van der Waals surface area contributed by atoms with Crippen LogP contribution in [0.2, 0.25) is 0 Å². The van der Waals surface area contributed by atoms with Crippen LogP contribution in [0.3, 0.4) is 0 Å². The highest BCUT2D eigenvalue weighted by molar-refractivity contribution is 5.93. The fourth-order valence-corrected chi connectivity index (χ4v) is 1.68. The predicted molar refractivity (Wildman–Crippen MR) is 67.0 cm³/mol. The molecular formula is C12H16N4O2. The summed E-state index contributed by atoms with van der Waals surface area (Å²) in [6.07, 6.45) is 1.69. The van der Waals surface area contributed by atoms with Crippen LogP contribution in [-0.4, -0.2) is 15.5 Å². The number of nitrogens with two attached hydrogens (primary N) is 1. The smallest absolute Gasteiger partial charge is 0.268 e. The van der Waals surface area contributed by atoms with E-state index in [4.69, 9.17) is 10.2 Å². The third kappa shape index (κ3) is 2.37. The Morgan fingerprint density at radius 2 is 2.28 bits per heavy atom. The van der Waals surface area contributed by atoms with Crippen LogP contribution in [0.4, 0.5) is 5.69 Å². The monoisotopic (exact) mass is 248 g/mol. The minimum atomic E-state index is -0.206. The van der Waals surface area contributed by atoms with Gasteiger partial charge in [0.2, 0.25) is 5.89 Å². The number of nitrogen functional groups attached to an aromatic ring is 1. The number of carbonyl (C=O) groups excluding carboxylic acids is 1. The summed E-state index contributed by atoms with van der Waals surface area (Å²) in [6, 6.07) is 1.63. The third-order valence-electron chi connectivity index (χ3n) is 2.73. The summed E-state index contributed by atoms with van der Waals surface area (Å²) in [5, 5.41) is 2.74. The average molecular weight is 248 g/mol. The molecule has 0 aromatic carbocycles. The van der Waals surface area contributed by atoms with Crippen LogP contribution in [0.1, 0.15) is 27.8 Å². The molecule has 0 saturated heterocycles. The molecule has 6 heteroatoms. The molecule has 96 valence electrons. The number of aryl methyl sites for hydroxylation is 3. The Balaban J connectivity index is 2.02. The van der Waals surface area contributed by atoms with Gasteiger partial charge in [0, 0.05) is 13.2 Å². The normalized spacial score (nSPS) is 10.6. The minimum absolute atomic E-state index is 0.206. The first-order chi connectivity index (χ1) is 8.47. The largest absolute Gasteiger partial charge is 0.444 e. The number of nitrogens with zero attached hydrogens (tertiary/aromatic N) is 2. The molecule has 0 spiro atoms. The number of nitrogens with one attached hydrogen (secondary N) is 1. The fourth-order valence-electron chi connectivity index (χ4n) is 1.68. The van der Waals surface area contributed by atoms with Gasteiger partial charge in [0.15, 0.2) is 0 Å². The van der Waals surface area contributed by atoms with Crippen molar-refractivity contribution in [2.75, 3.05) is 5.73 Å². The maximum Gasteiger partial charge on any atom is 0.268 e. The van der Waals surface area contributed by atoms with Crippen molar-refractivity contribution in [2.24, 2.45) is 7.05 Å². The highest BCUT2D eigenvalue weighted by Gasteiger charge is 2.12. The second kappa shape index (κ2) is 4.56. The van der Waals surface area contributed by atoms with E-state index in [0.717, 1.165) is 11.5 Å². The zero-order valence-electron chi connectivity index (χ0n) is 10.7. The van der Waals surface area contributed by atoms with Gasteiger partial charge in [-0.15, -0.1) is 0 Å². The number of amides is 1. The van der Waals surface area contributed by atoms with Gasteiger partial charge in [0.05, 0.1) is 17.9 Å². The molecule has 0 bridgehead atoms. The van der Waals surface area contributed by atoms with Gasteiger partial charge in [0.25, 0.3) is 5.91 Å². The summed E-state index contributed by atoms with van der Waals surface area (Å²) in [7, 11) is 1.77. The molecule has 0 aliphatic carbocycles. The Morgan fingerprint density at radius 1 is 1.56 bits per heavy atom. The standard InChI is InChI=1S/C12H16N4O2/c1-7-8(2)18-11(15-7)5-14-12(17)10-4-9(13)6-16(10)3/h4,6H,5,13H2,1-3H3,(H,14,17). The minimum Gasteiger partial charge on any atom is -0.444 e. The molecule has 0 fully saturated rings. The molecule has 2 aromatic rings. The van der Waals surface area contributed by atoms with Crippen molar-refractivity contribution in [3.05, 3.63) is 35.3 Å². The van der Waals surface area contributed by atoms with Gasteiger partial charge in [-0.05, 0) is 19.9 Å². The molecular weight excluding hydrogens is 232 g/mol. The molecule has 1 amide bonds. The van der Waals surface area contributed by atoms with Crippen molar-refractivity contribution in [1.82, 2.24) is 14.9 Å². The summed E-state index contributed by atoms with van der Waals surface area (Å²) in [6.45, 7) is 3.96. The Bertz CT molecular complexity index is 563. The fraction of sp³-hybridized carbons (Fsp3) is 0.333. The van der Waals surface area contributed by atoms with Gasteiger partial charge < -0.3 is 20.0 Å². The van der Waals surface area contributed by atoms with E-state index >= 15 is 0 Å². The quantitative estimate of drug-likeness (QED) is 0.852. The van der Waals surface area contributed by atoms with Crippen LogP contribution in [0.5, 0.6) is 0 Å². The third-order valence-corrected chi connectivity index (χ3v) is 2.73. The lowest BCUT2D eigenvalue weighted by Gasteiger charge is -2.03. The molecule has 18 heavy (non-hydrogen) atoms. The van der Waals surface area contributed by atoms with Crippen molar-refractivity contribution in [3.63, 3.8) is 0 Å². The molecule has 0 aliphatic heterocycles. The van der Waals surface area contributed by atoms with E-state index in [9.17, 15) is 4.79 Å². The van der Waals surface area contributed by atoms with Gasteiger partial charge in [-0.25, -0.2) is 4.98 Å². The van der Waals surface area contributed by atoms with Gasteiger partial charge in [-0.1, -0.05) is 0 Å². The zero-order valence-corrected chi connectivity index (χ0v) is 10.7. The maximum absolute atomic E-state index is 11.9. The first-order valence-corrected chi connectivity index (χ1v) is 5.60. The molecule has 2 aromatic heterocycles. The Labute approximate surface area is 105 Å². The average Bonchev–Trinajstić information content (AvgIpc) is 2.79. The van der Waals surface area contributed by atoms with Crippen molar-refractivity contribution in [2.45, 2.75) is 20.4 Å². The number of carbonyl (C=O) groups is 1. The number of aromatic nitrogens is 2. The van der Waals surface area contributed by atoms with E-state index in [-0.39, 0.29) is 12.5 Å².